The van der Waals surface area contributed by atoms with Gasteiger partial charge in [0.2, 0.25) is 0 Å². The van der Waals surface area contributed by atoms with Gasteiger partial charge in [0.25, 0.3) is 0 Å². The van der Waals surface area contributed by atoms with Crippen LogP contribution in [-0.4, -0.2) is 9.97 Å². The molecule has 0 amide bonds. The molecule has 2 rings (SSSR count). The number of nitrogens with zero attached hydrogens (tertiary/aromatic N) is 1. The number of aromatic amines is 1. The van der Waals surface area contributed by atoms with Crippen molar-refractivity contribution in [1.82, 2.24) is 9.97 Å². The van der Waals surface area contributed by atoms with Crippen molar-refractivity contribution in [3.8, 4) is 0 Å². The minimum Gasteiger partial charge on any atom is -0.348 e. The average molecular weight is 214 g/mol. The number of nitrogens with two attached hydrogens (primary N) is 1. The number of nitrogens with one attached hydrogen (secondary N) is 1. The van der Waals surface area contributed by atoms with Crippen molar-refractivity contribution in [3.63, 3.8) is 0 Å². The predicted molar refractivity (Wildman–Crippen MR) is 64.7 cm³/mol. The molecule has 83 valence electrons. The van der Waals surface area contributed by atoms with Gasteiger partial charge < -0.3 is 10.7 Å². The summed E-state index contributed by atoms with van der Waals surface area (Å²) in [6, 6.07) is 10.1. The van der Waals surface area contributed by atoms with E-state index in [1.165, 1.54) is 0 Å². The summed E-state index contributed by atoms with van der Waals surface area (Å²) >= 11 is 0. The number of benzene rings is 1. The summed E-state index contributed by atoms with van der Waals surface area (Å²) in [6.07, 6.45) is 3.17. The fourth-order valence-corrected chi connectivity index (χ4v) is 1.78. The van der Waals surface area contributed by atoms with E-state index in [0.29, 0.717) is 6.42 Å². The van der Waals surface area contributed by atoms with Crippen LogP contribution in [0.2, 0.25) is 0 Å². The summed E-state index contributed by atoms with van der Waals surface area (Å²) in [7, 11) is 0. The van der Waals surface area contributed by atoms with Crippen LogP contribution in [0.1, 0.15) is 23.0 Å². The van der Waals surface area contributed by atoms with E-state index in [0.717, 1.165) is 23.4 Å². The van der Waals surface area contributed by atoms with Gasteiger partial charge in [-0.3, -0.25) is 0 Å². The van der Waals surface area contributed by atoms with Gasteiger partial charge in [-0.25, -0.2) is 4.98 Å². The van der Waals surface area contributed by atoms with Crippen molar-refractivity contribution in [2.24, 2.45) is 5.73 Å². The van der Waals surface area contributed by atoms with E-state index in [-0.39, 0.29) is 6.04 Å². The molecule has 0 spiro atoms. The zero-order chi connectivity index (χ0) is 11.4. The minimum atomic E-state index is 0.00644. The normalized spacial score (nSPS) is 12.6. The van der Waals surface area contributed by atoms with Gasteiger partial charge >= 0.3 is 0 Å². The zero-order valence-electron chi connectivity index (χ0n) is 9.19. The molecule has 0 bridgehead atoms. The highest BCUT2D eigenvalue weighted by Gasteiger charge is 2.10. The third-order valence-corrected chi connectivity index (χ3v) is 2.70. The molecular weight excluding hydrogens is 198 g/mol. The van der Waals surface area contributed by atoms with Crippen molar-refractivity contribution in [2.75, 3.05) is 0 Å². The maximum absolute atomic E-state index is 6.14. The summed E-state index contributed by atoms with van der Waals surface area (Å²) in [5.74, 6) is 0. The zero-order valence-corrected chi connectivity index (χ0v) is 9.19. The number of hydrogen-bond acceptors (Lipinski definition) is 2. The van der Waals surface area contributed by atoms with E-state index < -0.39 is 0 Å². The van der Waals surface area contributed by atoms with Gasteiger partial charge in [0.15, 0.2) is 0 Å². The van der Waals surface area contributed by atoms with Gasteiger partial charge in [0, 0.05) is 18.2 Å². The Hall–Kier alpha value is -1.61. The topological polar surface area (TPSA) is 54.7 Å². The highest BCUT2D eigenvalue weighted by Crippen LogP contribution is 2.16. The van der Waals surface area contributed by atoms with E-state index in [9.17, 15) is 0 Å². The Bertz CT molecular complexity index is 433. The van der Waals surface area contributed by atoms with Crippen LogP contribution in [0.3, 0.4) is 0 Å². The molecule has 1 unspecified atom stereocenters. The first-order chi connectivity index (χ1) is 7.81. The van der Waals surface area contributed by atoms with Crippen molar-refractivity contribution in [3.05, 3.63) is 60.5 Å². The molecule has 3 N–H and O–H groups in total. The molecule has 1 radical (unpaired) electrons. The molecule has 2 aromatic rings. The van der Waals surface area contributed by atoms with E-state index in [2.05, 4.69) is 16.9 Å². The number of hydrogen-bond donors (Lipinski definition) is 2. The third-order valence-electron chi connectivity index (χ3n) is 2.70. The van der Waals surface area contributed by atoms with Crippen LogP contribution in [0, 0.1) is 6.92 Å². The number of rotatable bonds is 4. The summed E-state index contributed by atoms with van der Waals surface area (Å²) in [4.78, 5) is 7.33. The standard InChI is InChI=1S/C13H16N3/c1-2-12-13(16-9-15-12)8-11(14)10-6-4-3-5-7-10/h3-7,9,11H,1-2,8,14H2,(H,15,16). The number of aromatic nitrogens is 2. The largest absolute Gasteiger partial charge is 0.348 e. The second kappa shape index (κ2) is 4.94. The van der Waals surface area contributed by atoms with Crippen molar-refractivity contribution in [2.45, 2.75) is 18.9 Å². The maximum Gasteiger partial charge on any atom is 0.0925 e. The first-order valence-electron chi connectivity index (χ1n) is 5.42. The van der Waals surface area contributed by atoms with Crippen LogP contribution >= 0.6 is 0 Å². The Morgan fingerprint density at radius 2 is 2.06 bits per heavy atom. The Balaban J connectivity index is 2.11. The SMILES string of the molecule is [CH2]Cc1nc[nH]c1CC(N)c1ccccc1. The van der Waals surface area contributed by atoms with Gasteiger partial charge in [-0.1, -0.05) is 30.3 Å². The van der Waals surface area contributed by atoms with Crippen LogP contribution < -0.4 is 5.73 Å². The van der Waals surface area contributed by atoms with Crippen LogP contribution in [0.15, 0.2) is 36.7 Å². The summed E-state index contributed by atoms with van der Waals surface area (Å²) in [5, 5.41) is 0. The van der Waals surface area contributed by atoms with E-state index in [4.69, 9.17) is 5.73 Å². The molecule has 0 saturated carbocycles. The molecule has 0 fully saturated rings. The van der Waals surface area contributed by atoms with Gasteiger partial charge in [-0.15, -0.1) is 0 Å². The Labute approximate surface area is 95.7 Å². The molecule has 0 aliphatic carbocycles. The van der Waals surface area contributed by atoms with Crippen molar-refractivity contribution >= 4 is 0 Å². The lowest BCUT2D eigenvalue weighted by atomic mass is 10.0. The molecule has 1 atom stereocenters. The lowest BCUT2D eigenvalue weighted by molar-refractivity contribution is 0.704. The lowest BCUT2D eigenvalue weighted by Gasteiger charge is -2.11. The number of H-pyrrole nitrogens is 1. The van der Waals surface area contributed by atoms with Crippen molar-refractivity contribution < 1.29 is 0 Å². The first kappa shape index (κ1) is 10.9. The molecule has 3 heteroatoms. The monoisotopic (exact) mass is 214 g/mol. The molecule has 1 aromatic heterocycles. The minimum absolute atomic E-state index is 0.00644. The van der Waals surface area contributed by atoms with Gasteiger partial charge in [-0.05, 0) is 18.9 Å². The quantitative estimate of drug-likeness (QED) is 0.818. The van der Waals surface area contributed by atoms with Crippen LogP contribution in [0.25, 0.3) is 0 Å². The molecule has 1 aromatic carbocycles. The number of imidazole rings is 1. The summed E-state index contributed by atoms with van der Waals surface area (Å²) in [5.41, 5.74) is 9.38. The fourth-order valence-electron chi connectivity index (χ4n) is 1.78. The van der Waals surface area contributed by atoms with E-state index in [1.807, 2.05) is 30.3 Å². The molecule has 0 aliphatic rings. The van der Waals surface area contributed by atoms with Crippen molar-refractivity contribution in [1.29, 1.82) is 0 Å². The molecule has 1 heterocycles. The fraction of sp³-hybridized carbons (Fsp3) is 0.231. The smallest absolute Gasteiger partial charge is 0.0925 e. The molecule has 3 nitrogen and oxygen atoms in total. The Kier molecular flexibility index (Phi) is 3.37. The second-order valence-corrected chi connectivity index (χ2v) is 3.80. The molecule has 0 saturated heterocycles. The Morgan fingerprint density at radius 1 is 1.31 bits per heavy atom. The molecular formula is C13H16N3. The highest BCUT2D eigenvalue weighted by molar-refractivity contribution is 5.22. The second-order valence-electron chi connectivity index (χ2n) is 3.80. The van der Waals surface area contributed by atoms with Gasteiger partial charge in [0.1, 0.15) is 0 Å². The summed E-state index contributed by atoms with van der Waals surface area (Å²) < 4.78 is 0. The maximum atomic E-state index is 6.14. The van der Waals surface area contributed by atoms with E-state index in [1.54, 1.807) is 6.33 Å². The van der Waals surface area contributed by atoms with Gasteiger partial charge in [0.05, 0.1) is 12.0 Å². The van der Waals surface area contributed by atoms with Crippen LogP contribution in [0.5, 0.6) is 0 Å². The van der Waals surface area contributed by atoms with Crippen LogP contribution in [0.4, 0.5) is 0 Å². The van der Waals surface area contributed by atoms with E-state index >= 15 is 0 Å². The molecule has 16 heavy (non-hydrogen) atoms. The van der Waals surface area contributed by atoms with Gasteiger partial charge in [-0.2, -0.15) is 0 Å². The average Bonchev–Trinajstić information content (AvgIpc) is 2.77. The van der Waals surface area contributed by atoms with Crippen LogP contribution in [-0.2, 0) is 12.8 Å². The predicted octanol–water partition coefficient (Wildman–Crippen LogP) is 2.03. The molecule has 0 aliphatic heterocycles. The summed E-state index contributed by atoms with van der Waals surface area (Å²) in [6.45, 7) is 3.85. The highest BCUT2D eigenvalue weighted by atomic mass is 14.9. The third kappa shape index (κ3) is 2.31. The first-order valence-corrected chi connectivity index (χ1v) is 5.42. The lowest BCUT2D eigenvalue weighted by Crippen LogP contribution is -2.14. The Morgan fingerprint density at radius 3 is 2.75 bits per heavy atom.